The second-order valence-electron chi connectivity index (χ2n) is 8.65. The van der Waals surface area contributed by atoms with Gasteiger partial charge in [-0.3, -0.25) is 9.36 Å². The number of aromatic nitrogens is 2. The molecule has 0 N–H and O–H groups in total. The van der Waals surface area contributed by atoms with E-state index in [1.165, 1.54) is 19.1 Å². The van der Waals surface area contributed by atoms with Gasteiger partial charge < -0.3 is 14.4 Å². The lowest BCUT2D eigenvalue weighted by Crippen LogP contribution is -2.27. The number of nitrogens with zero attached hydrogens (tertiary/aromatic N) is 3. The summed E-state index contributed by atoms with van der Waals surface area (Å²) in [5, 5.41) is 0. The van der Waals surface area contributed by atoms with Gasteiger partial charge in [0.2, 0.25) is 5.88 Å². The maximum absolute atomic E-state index is 14.0. The van der Waals surface area contributed by atoms with E-state index in [0.717, 1.165) is 28.1 Å². The Morgan fingerprint density at radius 2 is 1.72 bits per heavy atom. The van der Waals surface area contributed by atoms with Crippen molar-refractivity contribution in [3.8, 4) is 11.6 Å². The van der Waals surface area contributed by atoms with Gasteiger partial charge in [0.15, 0.2) is 0 Å². The van der Waals surface area contributed by atoms with Crippen LogP contribution in [0, 0.1) is 5.82 Å². The number of methoxy groups -OCH3 is 1. The van der Waals surface area contributed by atoms with E-state index in [1.54, 1.807) is 13.2 Å². The Morgan fingerprint density at radius 1 is 0.972 bits per heavy atom. The second-order valence-corrected chi connectivity index (χ2v) is 8.65. The average molecular weight is 484 g/mol. The predicted molar refractivity (Wildman–Crippen MR) is 136 cm³/mol. The van der Waals surface area contributed by atoms with Crippen LogP contribution in [-0.4, -0.2) is 22.6 Å². The zero-order valence-electron chi connectivity index (χ0n) is 20.1. The third-order valence-corrected chi connectivity index (χ3v) is 6.00. The molecule has 0 saturated carbocycles. The van der Waals surface area contributed by atoms with E-state index in [4.69, 9.17) is 14.5 Å². The fraction of sp³-hybridized carbons (Fsp3) is 0.172. The third kappa shape index (κ3) is 5.00. The summed E-state index contributed by atoms with van der Waals surface area (Å²) < 4.78 is 27.0. The van der Waals surface area contributed by atoms with Crippen LogP contribution in [0.25, 0.3) is 5.57 Å². The molecule has 0 bridgehead atoms. The van der Waals surface area contributed by atoms with E-state index in [9.17, 15) is 9.18 Å². The molecule has 4 aromatic rings. The number of fused-ring (bicyclic) bond motifs is 1. The molecular formula is C29H26FN3O3. The summed E-state index contributed by atoms with van der Waals surface area (Å²) in [6, 6.07) is 24.2. The predicted octanol–water partition coefficient (Wildman–Crippen LogP) is 5.61. The number of halogens is 1. The molecule has 0 spiro atoms. The van der Waals surface area contributed by atoms with Gasteiger partial charge in [0.25, 0.3) is 0 Å². The van der Waals surface area contributed by atoms with Crippen molar-refractivity contribution in [3.05, 3.63) is 114 Å². The van der Waals surface area contributed by atoms with Gasteiger partial charge in [-0.25, -0.2) is 9.37 Å². The Kier molecular flexibility index (Phi) is 6.54. The molecule has 2 heterocycles. The molecule has 0 saturated heterocycles. The molecule has 1 aliphatic heterocycles. The van der Waals surface area contributed by atoms with Gasteiger partial charge in [0, 0.05) is 37.2 Å². The molecule has 0 atom stereocenters. The first-order valence-corrected chi connectivity index (χ1v) is 11.7. The van der Waals surface area contributed by atoms with Crippen LogP contribution < -0.4 is 14.4 Å². The number of para-hydroxylation sites is 1. The van der Waals surface area contributed by atoms with E-state index in [1.807, 2.05) is 71.4 Å². The summed E-state index contributed by atoms with van der Waals surface area (Å²) in [5.41, 5.74) is 4.33. The number of allylic oxidation sites excluding steroid dienone is 1. The molecule has 182 valence electrons. The van der Waals surface area contributed by atoms with Crippen LogP contribution in [0.5, 0.6) is 11.6 Å². The van der Waals surface area contributed by atoms with E-state index in [0.29, 0.717) is 36.9 Å². The lowest BCUT2D eigenvalue weighted by atomic mass is 10.0. The highest BCUT2D eigenvalue weighted by Crippen LogP contribution is 2.35. The molecule has 3 aromatic carbocycles. The fourth-order valence-corrected chi connectivity index (χ4v) is 4.41. The van der Waals surface area contributed by atoms with Crippen LogP contribution in [0.2, 0.25) is 0 Å². The lowest BCUT2D eigenvalue weighted by molar-refractivity contribution is -0.132. The van der Waals surface area contributed by atoms with Crippen molar-refractivity contribution in [1.29, 1.82) is 0 Å². The van der Waals surface area contributed by atoms with Gasteiger partial charge >= 0.3 is 5.97 Å². The zero-order valence-corrected chi connectivity index (χ0v) is 20.1. The van der Waals surface area contributed by atoms with Gasteiger partial charge in [-0.1, -0.05) is 42.5 Å². The fourth-order valence-electron chi connectivity index (χ4n) is 4.41. The third-order valence-electron chi connectivity index (χ3n) is 6.00. The number of esters is 1. The highest BCUT2D eigenvalue weighted by molar-refractivity contribution is 5.73. The first-order valence-electron chi connectivity index (χ1n) is 11.7. The molecule has 1 aliphatic rings. The molecule has 0 fully saturated rings. The summed E-state index contributed by atoms with van der Waals surface area (Å²) in [6.07, 6.45) is 2.96. The summed E-state index contributed by atoms with van der Waals surface area (Å²) >= 11 is 0. The van der Waals surface area contributed by atoms with Crippen molar-refractivity contribution in [2.45, 2.75) is 26.4 Å². The summed E-state index contributed by atoms with van der Waals surface area (Å²) in [6.45, 7) is 1.80. The minimum atomic E-state index is -0.419. The molecule has 36 heavy (non-hydrogen) atoms. The number of rotatable bonds is 7. The first kappa shape index (κ1) is 23.4. The van der Waals surface area contributed by atoms with Crippen LogP contribution in [0.15, 0.2) is 85.1 Å². The molecule has 0 aliphatic carbocycles. The van der Waals surface area contributed by atoms with Crippen LogP contribution in [0.1, 0.15) is 29.6 Å². The monoisotopic (exact) mass is 483 g/mol. The number of ether oxygens (including phenoxy) is 2. The molecule has 0 unspecified atom stereocenters. The number of carbonyl (C=O) groups is 1. The van der Waals surface area contributed by atoms with E-state index >= 15 is 0 Å². The molecule has 0 amide bonds. The van der Waals surface area contributed by atoms with Gasteiger partial charge in [0.05, 0.1) is 7.11 Å². The minimum Gasteiger partial charge on any atom is -0.497 e. The molecule has 1 aromatic heterocycles. The second kappa shape index (κ2) is 10.1. The molecule has 0 radical (unpaired) electrons. The van der Waals surface area contributed by atoms with E-state index < -0.39 is 5.97 Å². The Bertz CT molecular complexity index is 1430. The Morgan fingerprint density at radius 3 is 2.44 bits per heavy atom. The maximum atomic E-state index is 14.0. The molecule has 7 heteroatoms. The zero-order chi connectivity index (χ0) is 25.1. The molecular weight excluding hydrogens is 457 g/mol. The Hall–Kier alpha value is -4.39. The number of carbonyl (C=O) groups excluding carboxylic acids is 1. The number of hydrogen-bond acceptors (Lipinski definition) is 5. The normalized spacial score (nSPS) is 12.6. The van der Waals surface area contributed by atoms with Crippen LogP contribution in [-0.2, 0) is 24.3 Å². The van der Waals surface area contributed by atoms with Gasteiger partial charge in [-0.05, 0) is 47.5 Å². The van der Waals surface area contributed by atoms with Crippen molar-refractivity contribution < 1.29 is 18.7 Å². The van der Waals surface area contributed by atoms with Crippen molar-refractivity contribution >= 4 is 17.2 Å². The van der Waals surface area contributed by atoms with Gasteiger partial charge in [-0.2, -0.15) is 0 Å². The number of hydrogen-bond donors (Lipinski definition) is 0. The summed E-state index contributed by atoms with van der Waals surface area (Å²) in [4.78, 5) is 19.1. The van der Waals surface area contributed by atoms with Crippen LogP contribution in [0.3, 0.4) is 0 Å². The number of imidazole rings is 1. The van der Waals surface area contributed by atoms with Crippen molar-refractivity contribution in [1.82, 2.24) is 9.55 Å². The largest absolute Gasteiger partial charge is 0.497 e. The molecule has 5 rings (SSSR count). The number of benzene rings is 3. The molecule has 6 nitrogen and oxygen atoms in total. The highest BCUT2D eigenvalue weighted by Gasteiger charge is 2.28. The Labute approximate surface area is 209 Å². The first-order chi connectivity index (χ1) is 17.5. The lowest BCUT2D eigenvalue weighted by Gasteiger charge is -2.29. The summed E-state index contributed by atoms with van der Waals surface area (Å²) in [5.74, 6) is 1.14. The van der Waals surface area contributed by atoms with Gasteiger partial charge in [-0.15, -0.1) is 0 Å². The summed E-state index contributed by atoms with van der Waals surface area (Å²) in [7, 11) is 1.63. The van der Waals surface area contributed by atoms with Crippen LogP contribution in [0.4, 0.5) is 10.1 Å². The maximum Gasteiger partial charge on any atom is 0.309 e. The topological polar surface area (TPSA) is 56.6 Å². The standard InChI is InChI=1S/C29H26FN3O3/c1-20(34)36-29-27(17-22-9-7-13-26(16-22)35-2)31-28-23(14-21-8-6-10-24(30)15-21)18-32(19-33(28)29)25-11-4-3-5-12-25/h3-13,15-16,18H,14,17,19H2,1-2H3. The number of anilines is 1. The van der Waals surface area contributed by atoms with Gasteiger partial charge in [0.1, 0.15) is 29.8 Å². The van der Waals surface area contributed by atoms with Crippen LogP contribution >= 0.6 is 0 Å². The Balaban J connectivity index is 1.60. The average Bonchev–Trinajstić information content (AvgIpc) is 3.21. The van der Waals surface area contributed by atoms with Crippen molar-refractivity contribution in [3.63, 3.8) is 0 Å². The quantitative estimate of drug-likeness (QED) is 0.320. The smallest absolute Gasteiger partial charge is 0.309 e. The van der Waals surface area contributed by atoms with E-state index in [-0.39, 0.29) is 5.82 Å². The SMILES string of the molecule is COc1cccc(Cc2nc3n(c2OC(C)=O)CN(c2ccccc2)C=C3Cc2cccc(F)c2)c1. The van der Waals surface area contributed by atoms with Crippen molar-refractivity contribution in [2.75, 3.05) is 12.0 Å². The van der Waals surface area contributed by atoms with Crippen molar-refractivity contribution in [2.24, 2.45) is 0 Å². The van der Waals surface area contributed by atoms with E-state index in [2.05, 4.69) is 4.90 Å². The highest BCUT2D eigenvalue weighted by atomic mass is 19.1. The minimum absolute atomic E-state index is 0.286.